The Morgan fingerprint density at radius 2 is 2.43 bits per heavy atom. The van der Waals surface area contributed by atoms with Crippen LogP contribution in [-0.2, 0) is 4.79 Å². The highest BCUT2D eigenvalue weighted by Crippen LogP contribution is 2.23. The second-order valence-corrected chi connectivity index (χ2v) is 4.09. The fourth-order valence-corrected chi connectivity index (χ4v) is 2.36. The summed E-state index contributed by atoms with van der Waals surface area (Å²) in [5, 5.41) is 10.7. The molecule has 1 atom stereocenters. The summed E-state index contributed by atoms with van der Waals surface area (Å²) < 4.78 is 1.85. The van der Waals surface area contributed by atoms with Crippen LogP contribution in [-0.4, -0.2) is 20.5 Å². The van der Waals surface area contributed by atoms with Crippen LogP contribution in [0, 0.1) is 6.92 Å². The molecular formula is C9H10N2O2S. The third-order valence-corrected chi connectivity index (χ3v) is 3.03. The van der Waals surface area contributed by atoms with Gasteiger partial charge in [-0.2, -0.15) is 0 Å². The summed E-state index contributed by atoms with van der Waals surface area (Å²) in [4.78, 5) is 15.9. The van der Waals surface area contributed by atoms with Gasteiger partial charge in [-0.3, -0.25) is 9.20 Å². The first kappa shape index (κ1) is 9.21. The topological polar surface area (TPSA) is 54.6 Å². The lowest BCUT2D eigenvalue weighted by molar-refractivity contribution is -0.138. The molecule has 2 heterocycles. The molecule has 0 fully saturated rings. The molecule has 0 spiro atoms. The number of carboxylic acids is 1. The number of aromatic nitrogens is 2. The number of rotatable bonds is 2. The fourth-order valence-electron chi connectivity index (χ4n) is 1.35. The zero-order valence-corrected chi connectivity index (χ0v) is 8.71. The summed E-state index contributed by atoms with van der Waals surface area (Å²) in [7, 11) is 0. The van der Waals surface area contributed by atoms with Crippen molar-refractivity contribution < 1.29 is 9.90 Å². The van der Waals surface area contributed by atoms with Crippen molar-refractivity contribution in [1.82, 2.24) is 9.38 Å². The molecule has 5 heteroatoms. The highest BCUT2D eigenvalue weighted by molar-refractivity contribution is 7.15. The van der Waals surface area contributed by atoms with Gasteiger partial charge in [-0.15, -0.1) is 11.3 Å². The SMILES string of the molecule is Cc1cn2c(C(C)C(=O)O)csc2n1. The van der Waals surface area contributed by atoms with Crippen molar-refractivity contribution in [1.29, 1.82) is 0 Å². The number of aliphatic carboxylic acids is 1. The van der Waals surface area contributed by atoms with Crippen LogP contribution < -0.4 is 0 Å². The van der Waals surface area contributed by atoms with Crippen LogP contribution in [0.3, 0.4) is 0 Å². The van der Waals surface area contributed by atoms with Crippen LogP contribution >= 0.6 is 11.3 Å². The van der Waals surface area contributed by atoms with E-state index in [1.54, 1.807) is 6.92 Å². The van der Waals surface area contributed by atoms with E-state index in [1.165, 1.54) is 11.3 Å². The van der Waals surface area contributed by atoms with Crippen molar-refractivity contribution in [2.24, 2.45) is 0 Å². The minimum absolute atomic E-state index is 0.489. The minimum Gasteiger partial charge on any atom is -0.481 e. The Labute approximate surface area is 84.8 Å². The quantitative estimate of drug-likeness (QED) is 0.823. The Bertz CT molecular complexity index is 486. The van der Waals surface area contributed by atoms with E-state index in [4.69, 9.17) is 5.11 Å². The van der Waals surface area contributed by atoms with Crippen LogP contribution in [0.1, 0.15) is 24.2 Å². The number of aryl methyl sites for hydroxylation is 1. The fraction of sp³-hybridized carbons (Fsp3) is 0.333. The first-order valence-corrected chi connectivity index (χ1v) is 5.13. The predicted octanol–water partition coefficient (Wildman–Crippen LogP) is 1.89. The van der Waals surface area contributed by atoms with E-state index in [9.17, 15) is 4.79 Å². The van der Waals surface area contributed by atoms with E-state index in [-0.39, 0.29) is 0 Å². The molecule has 2 aromatic heterocycles. The van der Waals surface area contributed by atoms with Crippen LogP contribution in [0.5, 0.6) is 0 Å². The van der Waals surface area contributed by atoms with Crippen molar-refractivity contribution in [2.45, 2.75) is 19.8 Å². The summed E-state index contributed by atoms with van der Waals surface area (Å²) in [5.74, 6) is -1.30. The molecule has 4 nitrogen and oxygen atoms in total. The van der Waals surface area contributed by atoms with Gasteiger partial charge in [0.25, 0.3) is 0 Å². The van der Waals surface area contributed by atoms with Gasteiger partial charge in [0.15, 0.2) is 4.96 Å². The molecule has 0 radical (unpaired) electrons. The van der Waals surface area contributed by atoms with Crippen molar-refractivity contribution in [3.05, 3.63) is 23.0 Å². The molecule has 0 amide bonds. The first-order chi connectivity index (χ1) is 6.59. The molecule has 2 rings (SSSR count). The zero-order valence-electron chi connectivity index (χ0n) is 7.89. The van der Waals surface area contributed by atoms with Crippen molar-refractivity contribution in [3.8, 4) is 0 Å². The molecule has 0 aliphatic heterocycles. The minimum atomic E-state index is -0.809. The number of carbonyl (C=O) groups is 1. The maximum absolute atomic E-state index is 10.8. The maximum Gasteiger partial charge on any atom is 0.312 e. The average molecular weight is 210 g/mol. The van der Waals surface area contributed by atoms with Gasteiger partial charge in [0.2, 0.25) is 0 Å². The second-order valence-electron chi connectivity index (χ2n) is 3.26. The third-order valence-electron chi connectivity index (χ3n) is 2.17. The van der Waals surface area contributed by atoms with Crippen molar-refractivity contribution in [3.63, 3.8) is 0 Å². The van der Waals surface area contributed by atoms with Crippen molar-refractivity contribution >= 4 is 22.3 Å². The number of nitrogens with zero attached hydrogens (tertiary/aromatic N) is 2. The van der Waals surface area contributed by atoms with Gasteiger partial charge in [0, 0.05) is 17.3 Å². The van der Waals surface area contributed by atoms with E-state index in [2.05, 4.69) is 4.98 Å². The third kappa shape index (κ3) is 1.29. The maximum atomic E-state index is 10.8. The smallest absolute Gasteiger partial charge is 0.312 e. The van der Waals surface area contributed by atoms with Crippen LogP contribution in [0.4, 0.5) is 0 Å². The van der Waals surface area contributed by atoms with Crippen LogP contribution in [0.2, 0.25) is 0 Å². The van der Waals surface area contributed by atoms with Gasteiger partial charge in [-0.25, -0.2) is 4.98 Å². The molecule has 0 aromatic carbocycles. The second kappa shape index (κ2) is 3.09. The first-order valence-electron chi connectivity index (χ1n) is 4.25. The lowest BCUT2D eigenvalue weighted by Crippen LogP contribution is -2.09. The number of imidazole rings is 1. The predicted molar refractivity (Wildman–Crippen MR) is 53.9 cm³/mol. The van der Waals surface area contributed by atoms with E-state index >= 15 is 0 Å². The molecule has 0 aliphatic carbocycles. The Morgan fingerprint density at radius 3 is 3.07 bits per heavy atom. The van der Waals surface area contributed by atoms with Gasteiger partial charge in [-0.1, -0.05) is 0 Å². The van der Waals surface area contributed by atoms with Crippen LogP contribution in [0.25, 0.3) is 4.96 Å². The van der Waals surface area contributed by atoms with Gasteiger partial charge < -0.3 is 5.11 Å². The molecular weight excluding hydrogens is 200 g/mol. The number of thiazole rings is 1. The Kier molecular flexibility index (Phi) is 2.03. The molecule has 0 bridgehead atoms. The highest BCUT2D eigenvalue weighted by atomic mass is 32.1. The Hall–Kier alpha value is -1.36. The molecule has 0 saturated carbocycles. The van der Waals surface area contributed by atoms with Gasteiger partial charge in [0.1, 0.15) is 0 Å². The molecule has 74 valence electrons. The molecule has 2 aromatic rings. The molecule has 1 N–H and O–H groups in total. The van der Waals surface area contributed by atoms with E-state index in [0.29, 0.717) is 0 Å². The number of hydrogen-bond acceptors (Lipinski definition) is 3. The average Bonchev–Trinajstić information content (AvgIpc) is 2.61. The molecule has 0 saturated heterocycles. The number of hydrogen-bond donors (Lipinski definition) is 1. The largest absolute Gasteiger partial charge is 0.481 e. The monoisotopic (exact) mass is 210 g/mol. The molecule has 1 unspecified atom stereocenters. The number of carboxylic acid groups (broad SMARTS) is 1. The lowest BCUT2D eigenvalue weighted by atomic mass is 10.1. The molecule has 14 heavy (non-hydrogen) atoms. The summed E-state index contributed by atoms with van der Waals surface area (Å²) in [6.07, 6.45) is 1.86. The highest BCUT2D eigenvalue weighted by Gasteiger charge is 2.18. The van der Waals surface area contributed by atoms with Crippen LogP contribution in [0.15, 0.2) is 11.6 Å². The Balaban J connectivity index is 2.56. The molecule has 0 aliphatic rings. The summed E-state index contributed by atoms with van der Waals surface area (Å²) in [6, 6.07) is 0. The summed E-state index contributed by atoms with van der Waals surface area (Å²) in [5.41, 5.74) is 1.70. The van der Waals surface area contributed by atoms with Crippen molar-refractivity contribution in [2.75, 3.05) is 0 Å². The standard InChI is InChI=1S/C9H10N2O2S/c1-5-3-11-7(6(2)8(12)13)4-14-9(11)10-5/h3-4,6H,1-2H3,(H,12,13). The summed E-state index contributed by atoms with van der Waals surface area (Å²) >= 11 is 1.47. The summed E-state index contributed by atoms with van der Waals surface area (Å²) in [6.45, 7) is 3.58. The zero-order chi connectivity index (χ0) is 10.3. The van der Waals surface area contributed by atoms with E-state index in [1.807, 2.05) is 22.9 Å². The number of fused-ring (bicyclic) bond motifs is 1. The van der Waals surface area contributed by atoms with E-state index < -0.39 is 11.9 Å². The van der Waals surface area contributed by atoms with Gasteiger partial charge >= 0.3 is 5.97 Å². The Morgan fingerprint density at radius 1 is 1.71 bits per heavy atom. The van der Waals surface area contributed by atoms with Gasteiger partial charge in [-0.05, 0) is 13.8 Å². The normalized spacial score (nSPS) is 13.3. The van der Waals surface area contributed by atoms with E-state index in [0.717, 1.165) is 16.3 Å². The lowest BCUT2D eigenvalue weighted by Gasteiger charge is -2.03. The van der Waals surface area contributed by atoms with Gasteiger partial charge in [0.05, 0.1) is 11.6 Å².